The van der Waals surface area contributed by atoms with E-state index in [0.717, 1.165) is 38.5 Å². The van der Waals surface area contributed by atoms with E-state index in [9.17, 15) is 25.2 Å². The van der Waals surface area contributed by atoms with Crippen molar-refractivity contribution in [2.24, 2.45) is 0 Å². The number of benzene rings is 1. The Hall–Kier alpha value is -2.31. The van der Waals surface area contributed by atoms with Crippen LogP contribution in [0.3, 0.4) is 0 Å². The molecule has 172 valence electrons. The van der Waals surface area contributed by atoms with Gasteiger partial charge in [0, 0.05) is 12.8 Å². The van der Waals surface area contributed by atoms with Gasteiger partial charge in [0.25, 0.3) is 0 Å². The second-order valence-corrected chi connectivity index (χ2v) is 7.63. The third-order valence-electron chi connectivity index (χ3n) is 5.12. The third kappa shape index (κ3) is 8.38. The number of aliphatic hydroxyl groups is 3. The van der Waals surface area contributed by atoms with Crippen LogP contribution in [-0.4, -0.2) is 63.7 Å². The Kier molecular flexibility index (Phi) is 10.6. The molecule has 1 aromatic rings. The van der Waals surface area contributed by atoms with Crippen LogP contribution in [0.1, 0.15) is 51.4 Å². The quantitative estimate of drug-likeness (QED) is 0.222. The number of ether oxygens (including phenoxy) is 3. The van der Waals surface area contributed by atoms with E-state index in [1.54, 1.807) is 0 Å². The highest BCUT2D eigenvalue weighted by molar-refractivity contribution is 5.69. The molecule has 0 saturated carbocycles. The number of rotatable bonds is 12. The van der Waals surface area contributed by atoms with E-state index >= 15 is 0 Å². The second-order valence-electron chi connectivity index (χ2n) is 7.63. The molecule has 1 saturated heterocycles. The lowest BCUT2D eigenvalue weighted by molar-refractivity contribution is -0.278. The molecule has 8 nitrogen and oxygen atoms in total. The fourth-order valence-corrected chi connectivity index (χ4v) is 3.26. The van der Waals surface area contributed by atoms with E-state index in [4.69, 9.17) is 20.6 Å². The van der Waals surface area contributed by atoms with Crippen molar-refractivity contribution < 1.29 is 39.4 Å². The third-order valence-corrected chi connectivity index (χ3v) is 5.12. The van der Waals surface area contributed by atoms with Crippen molar-refractivity contribution in [1.82, 2.24) is 0 Å². The number of phenols is 1. The van der Waals surface area contributed by atoms with Crippen molar-refractivity contribution in [3.8, 4) is 23.8 Å². The molecule has 0 aromatic heterocycles. The normalized spacial score (nSPS) is 25.5. The van der Waals surface area contributed by atoms with Crippen molar-refractivity contribution in [2.75, 3.05) is 6.61 Å². The average Bonchev–Trinajstić information content (AvgIpc) is 2.76. The summed E-state index contributed by atoms with van der Waals surface area (Å²) in [6.45, 7) is -0.273. The van der Waals surface area contributed by atoms with Crippen LogP contribution in [-0.2, 0) is 14.3 Å². The number of unbranched alkanes of at least 4 members (excludes halogenated alkanes) is 6. The summed E-state index contributed by atoms with van der Waals surface area (Å²) in [7, 11) is 0. The van der Waals surface area contributed by atoms with Crippen molar-refractivity contribution in [1.29, 1.82) is 0 Å². The maximum absolute atomic E-state index is 12.0. The molecule has 1 heterocycles. The predicted molar refractivity (Wildman–Crippen MR) is 112 cm³/mol. The summed E-state index contributed by atoms with van der Waals surface area (Å²) in [6, 6.07) is 5.72. The monoisotopic (exact) mass is 436 g/mol. The van der Waals surface area contributed by atoms with Crippen LogP contribution in [0, 0.1) is 12.3 Å². The van der Waals surface area contributed by atoms with Crippen LogP contribution in [0.2, 0.25) is 0 Å². The highest BCUT2D eigenvalue weighted by Crippen LogP contribution is 2.25. The molecule has 1 fully saturated rings. The number of esters is 1. The molecule has 4 N–H and O–H groups in total. The van der Waals surface area contributed by atoms with Crippen molar-refractivity contribution >= 4 is 5.97 Å². The van der Waals surface area contributed by atoms with Gasteiger partial charge in [-0.15, -0.1) is 12.3 Å². The van der Waals surface area contributed by atoms with Gasteiger partial charge in [-0.3, -0.25) is 4.79 Å². The predicted octanol–water partition coefficient (Wildman–Crippen LogP) is 1.88. The number of hydrogen-bond acceptors (Lipinski definition) is 8. The minimum atomic E-state index is -1.53. The largest absolute Gasteiger partial charge is 0.508 e. The minimum Gasteiger partial charge on any atom is -0.508 e. The zero-order valence-corrected chi connectivity index (χ0v) is 17.6. The van der Waals surface area contributed by atoms with Crippen LogP contribution in [0.4, 0.5) is 0 Å². The van der Waals surface area contributed by atoms with Crippen molar-refractivity contribution in [3.63, 3.8) is 0 Å². The molecule has 1 aromatic carbocycles. The Labute approximate surface area is 182 Å². The van der Waals surface area contributed by atoms with E-state index in [1.807, 2.05) is 0 Å². The molecular formula is C23H32O8. The van der Waals surface area contributed by atoms with Gasteiger partial charge >= 0.3 is 5.97 Å². The van der Waals surface area contributed by atoms with Gasteiger partial charge in [0.1, 0.15) is 42.5 Å². The van der Waals surface area contributed by atoms with Crippen molar-refractivity contribution in [2.45, 2.75) is 82.1 Å². The highest BCUT2D eigenvalue weighted by Gasteiger charge is 2.45. The number of aromatic hydroxyl groups is 1. The van der Waals surface area contributed by atoms with Crippen molar-refractivity contribution in [3.05, 3.63) is 24.3 Å². The molecule has 0 unspecified atom stereocenters. The smallest absolute Gasteiger partial charge is 0.305 e. The number of phenolic OH excluding ortho intramolecular Hbond substituents is 1. The molecule has 1 aliphatic heterocycles. The van der Waals surface area contributed by atoms with E-state index in [-0.39, 0.29) is 18.8 Å². The number of carbonyl (C=O) groups excluding carboxylic acids is 1. The molecular weight excluding hydrogens is 404 g/mol. The van der Waals surface area contributed by atoms with Gasteiger partial charge in [-0.05, 0) is 37.1 Å². The Bertz CT molecular complexity index is 699. The first kappa shape index (κ1) is 25.0. The van der Waals surface area contributed by atoms with Gasteiger partial charge in [0.05, 0.1) is 0 Å². The minimum absolute atomic E-state index is 0.0431. The maximum Gasteiger partial charge on any atom is 0.305 e. The molecule has 8 heteroatoms. The number of carbonyl (C=O) groups is 1. The van der Waals surface area contributed by atoms with E-state index in [2.05, 4.69) is 5.92 Å². The summed E-state index contributed by atoms with van der Waals surface area (Å²) in [5, 5.41) is 39.7. The van der Waals surface area contributed by atoms with Gasteiger partial charge in [0.15, 0.2) is 0 Å². The first-order valence-electron chi connectivity index (χ1n) is 10.7. The summed E-state index contributed by atoms with van der Waals surface area (Å²) >= 11 is 0. The molecule has 2 rings (SSSR count). The molecule has 0 spiro atoms. The lowest BCUT2D eigenvalue weighted by Gasteiger charge is -2.39. The summed E-state index contributed by atoms with van der Waals surface area (Å²) in [6.07, 6.45) is 5.31. The van der Waals surface area contributed by atoms with Gasteiger partial charge < -0.3 is 34.6 Å². The van der Waals surface area contributed by atoms with Gasteiger partial charge in [0.2, 0.25) is 6.29 Å². The number of terminal acetylenes is 1. The molecule has 5 atom stereocenters. The fraction of sp³-hybridized carbons (Fsp3) is 0.609. The fourth-order valence-electron chi connectivity index (χ4n) is 3.26. The zero-order chi connectivity index (χ0) is 22.6. The number of aliphatic hydroxyl groups excluding tert-OH is 3. The molecule has 31 heavy (non-hydrogen) atoms. The Morgan fingerprint density at radius 1 is 0.968 bits per heavy atom. The number of hydrogen-bond donors (Lipinski definition) is 4. The summed E-state index contributed by atoms with van der Waals surface area (Å²) in [5.74, 6) is 2.53. The van der Waals surface area contributed by atoms with Crippen LogP contribution in [0.5, 0.6) is 11.5 Å². The molecule has 0 radical (unpaired) electrons. The van der Waals surface area contributed by atoms with Crippen LogP contribution in [0.15, 0.2) is 24.3 Å². The average molecular weight is 437 g/mol. The Morgan fingerprint density at radius 3 is 2.29 bits per heavy atom. The van der Waals surface area contributed by atoms with E-state index < -0.39 is 36.7 Å². The zero-order valence-electron chi connectivity index (χ0n) is 17.6. The van der Waals surface area contributed by atoms with Crippen LogP contribution >= 0.6 is 0 Å². The Morgan fingerprint density at radius 2 is 1.61 bits per heavy atom. The first-order chi connectivity index (χ1) is 14.9. The lowest BCUT2D eigenvalue weighted by atomic mass is 9.99. The molecule has 0 amide bonds. The highest BCUT2D eigenvalue weighted by atomic mass is 16.7. The molecule has 0 bridgehead atoms. The topological polar surface area (TPSA) is 126 Å². The van der Waals surface area contributed by atoms with Crippen LogP contribution in [0.25, 0.3) is 0 Å². The van der Waals surface area contributed by atoms with Gasteiger partial charge in [-0.25, -0.2) is 0 Å². The second kappa shape index (κ2) is 13.2. The van der Waals surface area contributed by atoms with E-state index in [1.165, 1.54) is 24.3 Å². The Balaban J connectivity index is 1.72. The molecule has 1 aliphatic rings. The first-order valence-corrected chi connectivity index (χ1v) is 10.7. The van der Waals surface area contributed by atoms with Crippen LogP contribution < -0.4 is 4.74 Å². The molecule has 0 aliphatic carbocycles. The van der Waals surface area contributed by atoms with Gasteiger partial charge in [-0.1, -0.05) is 25.7 Å². The SMILES string of the molecule is C#CCCCCCCCCC(=O)OC[C@H]1O[C@@H](Oc2ccc(O)cc2)[C@H](O)[C@@H](O)[C@@H]1O. The summed E-state index contributed by atoms with van der Waals surface area (Å²) in [4.78, 5) is 12.0. The summed E-state index contributed by atoms with van der Waals surface area (Å²) in [5.41, 5.74) is 0. The maximum atomic E-state index is 12.0. The van der Waals surface area contributed by atoms with Gasteiger partial charge in [-0.2, -0.15) is 0 Å². The summed E-state index contributed by atoms with van der Waals surface area (Å²) < 4.78 is 16.2. The van der Waals surface area contributed by atoms with E-state index in [0.29, 0.717) is 12.2 Å². The standard InChI is InChI=1S/C23H32O8/c1-2-3-4-5-6-7-8-9-10-19(25)29-15-18-20(26)21(27)22(28)23(31-18)30-17-13-11-16(24)12-14-17/h1,11-14,18,20-24,26-28H,3-10,15H2/t18-,20-,21+,22-,23-/m1/s1. The lowest BCUT2D eigenvalue weighted by Crippen LogP contribution is -2.60.